The number of H-pyrrole nitrogens is 1. The third-order valence-electron chi connectivity index (χ3n) is 3.74. The zero-order valence-electron chi connectivity index (χ0n) is 13.7. The Morgan fingerprint density at radius 3 is 2.87 bits per heavy atom. The van der Waals surface area contributed by atoms with Gasteiger partial charge in [0.05, 0.1) is 35.4 Å². The van der Waals surface area contributed by atoms with E-state index in [1.807, 2.05) is 13.0 Å². The number of nitrogens with one attached hydrogen (secondary N) is 2. The van der Waals surface area contributed by atoms with Gasteiger partial charge in [0.1, 0.15) is 0 Å². The fraction of sp³-hybridized carbons (Fsp3) is 0.375. The quantitative estimate of drug-likeness (QED) is 0.774. The Labute approximate surface area is 134 Å². The molecule has 1 amide bonds. The molecule has 23 heavy (non-hydrogen) atoms. The zero-order valence-corrected chi connectivity index (χ0v) is 13.7. The van der Waals surface area contributed by atoms with Crippen molar-refractivity contribution in [2.45, 2.75) is 39.7 Å². The lowest BCUT2D eigenvalue weighted by Crippen LogP contribution is -2.25. The molecule has 0 aliphatic carbocycles. The summed E-state index contributed by atoms with van der Waals surface area (Å²) in [6, 6.07) is 3.77. The highest BCUT2D eigenvalue weighted by atomic mass is 16.1. The summed E-state index contributed by atoms with van der Waals surface area (Å²) in [5.41, 5.74) is 3.81. The number of fused-ring (bicyclic) bond motifs is 1. The predicted octanol–water partition coefficient (Wildman–Crippen LogP) is 1.99. The monoisotopic (exact) mass is 312 g/mol. The topological polar surface area (TPSA) is 88.0 Å². The van der Waals surface area contributed by atoms with Gasteiger partial charge in [-0.1, -0.05) is 20.8 Å². The Kier molecular flexibility index (Phi) is 3.63. The molecule has 0 atom stereocenters. The minimum atomic E-state index is -0.181. The van der Waals surface area contributed by atoms with E-state index in [2.05, 4.69) is 46.4 Å². The average molecular weight is 312 g/mol. The van der Waals surface area contributed by atoms with E-state index in [1.54, 1.807) is 23.0 Å². The molecule has 7 heteroatoms. The molecule has 0 spiro atoms. The van der Waals surface area contributed by atoms with Crippen molar-refractivity contribution < 1.29 is 4.79 Å². The number of amides is 1. The molecule has 0 radical (unpaired) electrons. The van der Waals surface area contributed by atoms with Crippen LogP contribution in [0.5, 0.6) is 0 Å². The highest BCUT2D eigenvalue weighted by Gasteiger charge is 2.18. The molecular weight excluding hydrogens is 292 g/mol. The molecular formula is C16H20N6O. The Morgan fingerprint density at radius 2 is 2.17 bits per heavy atom. The molecule has 120 valence electrons. The summed E-state index contributed by atoms with van der Waals surface area (Å²) >= 11 is 0. The maximum Gasteiger partial charge on any atom is 0.255 e. The van der Waals surface area contributed by atoms with Gasteiger partial charge in [0.25, 0.3) is 5.91 Å². The highest BCUT2D eigenvalue weighted by molar-refractivity contribution is 5.95. The Balaban J connectivity index is 1.73. The number of rotatable bonds is 3. The molecule has 0 aliphatic rings. The van der Waals surface area contributed by atoms with Crippen LogP contribution < -0.4 is 5.32 Å². The van der Waals surface area contributed by atoms with Gasteiger partial charge in [-0.15, -0.1) is 0 Å². The van der Waals surface area contributed by atoms with Gasteiger partial charge in [-0.25, -0.2) is 9.50 Å². The van der Waals surface area contributed by atoms with Gasteiger partial charge in [0.15, 0.2) is 5.65 Å². The molecule has 0 saturated carbocycles. The number of hydrogen-bond donors (Lipinski definition) is 2. The summed E-state index contributed by atoms with van der Waals surface area (Å²) in [4.78, 5) is 16.6. The lowest BCUT2D eigenvalue weighted by Gasteiger charge is -2.13. The molecule has 2 N–H and O–H groups in total. The lowest BCUT2D eigenvalue weighted by molar-refractivity contribution is 0.0948. The second-order valence-corrected chi connectivity index (χ2v) is 6.57. The van der Waals surface area contributed by atoms with Crippen LogP contribution in [0.15, 0.2) is 24.5 Å². The first kappa shape index (κ1) is 15.2. The van der Waals surface area contributed by atoms with Crippen molar-refractivity contribution in [3.8, 4) is 0 Å². The van der Waals surface area contributed by atoms with Gasteiger partial charge in [0, 0.05) is 17.7 Å². The van der Waals surface area contributed by atoms with Crippen LogP contribution in [-0.4, -0.2) is 30.7 Å². The van der Waals surface area contributed by atoms with Crippen LogP contribution in [0.3, 0.4) is 0 Å². The summed E-state index contributed by atoms with van der Waals surface area (Å²) in [5.74, 6) is -0.181. The lowest BCUT2D eigenvalue weighted by atomic mass is 9.92. The predicted molar refractivity (Wildman–Crippen MR) is 86.2 cm³/mol. The summed E-state index contributed by atoms with van der Waals surface area (Å²) in [7, 11) is 0. The van der Waals surface area contributed by atoms with Crippen LogP contribution in [0.4, 0.5) is 0 Å². The first-order valence-electron chi connectivity index (χ1n) is 7.48. The normalized spacial score (nSPS) is 11.8. The van der Waals surface area contributed by atoms with Crippen molar-refractivity contribution in [1.29, 1.82) is 0 Å². The van der Waals surface area contributed by atoms with E-state index in [-0.39, 0.29) is 11.3 Å². The van der Waals surface area contributed by atoms with Crippen molar-refractivity contribution in [2.75, 3.05) is 0 Å². The van der Waals surface area contributed by atoms with Crippen molar-refractivity contribution in [2.24, 2.45) is 0 Å². The van der Waals surface area contributed by atoms with Crippen LogP contribution in [0.25, 0.3) is 5.65 Å². The van der Waals surface area contributed by atoms with Gasteiger partial charge in [-0.05, 0) is 13.0 Å². The van der Waals surface area contributed by atoms with Gasteiger partial charge in [-0.2, -0.15) is 10.2 Å². The Morgan fingerprint density at radius 1 is 1.39 bits per heavy atom. The molecule has 0 aliphatic heterocycles. The summed E-state index contributed by atoms with van der Waals surface area (Å²) < 4.78 is 1.66. The maximum absolute atomic E-state index is 12.4. The summed E-state index contributed by atoms with van der Waals surface area (Å²) in [5, 5.41) is 14.3. The van der Waals surface area contributed by atoms with Crippen LogP contribution in [0.1, 0.15) is 48.2 Å². The number of aryl methyl sites for hydroxylation is 1. The van der Waals surface area contributed by atoms with Gasteiger partial charge >= 0.3 is 0 Å². The molecule has 0 aromatic carbocycles. The molecule has 3 aromatic rings. The van der Waals surface area contributed by atoms with E-state index in [1.165, 1.54) is 0 Å². The number of carbonyl (C=O) groups excluding carboxylic acids is 1. The Hall–Kier alpha value is -2.70. The minimum absolute atomic E-state index is 0.0234. The fourth-order valence-corrected chi connectivity index (χ4v) is 2.32. The molecule has 3 aromatic heterocycles. The van der Waals surface area contributed by atoms with Crippen LogP contribution in [0.2, 0.25) is 0 Å². The molecule has 7 nitrogen and oxygen atoms in total. The number of carbonyl (C=O) groups is 1. The van der Waals surface area contributed by atoms with E-state index in [4.69, 9.17) is 0 Å². The number of hydrogen-bond acceptors (Lipinski definition) is 4. The van der Waals surface area contributed by atoms with E-state index in [0.29, 0.717) is 12.1 Å². The van der Waals surface area contributed by atoms with E-state index >= 15 is 0 Å². The van der Waals surface area contributed by atoms with Crippen molar-refractivity contribution in [3.63, 3.8) is 0 Å². The van der Waals surface area contributed by atoms with Crippen LogP contribution >= 0.6 is 0 Å². The minimum Gasteiger partial charge on any atom is -0.346 e. The van der Waals surface area contributed by atoms with Crippen molar-refractivity contribution >= 4 is 11.6 Å². The second-order valence-electron chi connectivity index (χ2n) is 6.57. The third kappa shape index (κ3) is 2.94. The van der Waals surface area contributed by atoms with E-state index in [0.717, 1.165) is 22.7 Å². The SMILES string of the molecule is Cc1c(C(=O)NCc2cc(C(C)(C)C)n[nH]2)cnc2ccnn12. The Bertz CT molecular complexity index is 855. The van der Waals surface area contributed by atoms with E-state index in [9.17, 15) is 4.79 Å². The smallest absolute Gasteiger partial charge is 0.255 e. The van der Waals surface area contributed by atoms with Crippen LogP contribution in [-0.2, 0) is 12.0 Å². The van der Waals surface area contributed by atoms with Gasteiger partial charge < -0.3 is 5.32 Å². The molecule has 0 saturated heterocycles. The average Bonchev–Trinajstić information content (AvgIpc) is 3.14. The number of aromatic nitrogens is 5. The third-order valence-corrected chi connectivity index (χ3v) is 3.74. The first-order chi connectivity index (χ1) is 10.9. The zero-order chi connectivity index (χ0) is 16.6. The highest BCUT2D eigenvalue weighted by Crippen LogP contribution is 2.20. The van der Waals surface area contributed by atoms with E-state index < -0.39 is 0 Å². The van der Waals surface area contributed by atoms with Gasteiger partial charge in [0.2, 0.25) is 0 Å². The fourth-order valence-electron chi connectivity index (χ4n) is 2.32. The molecule has 0 fully saturated rings. The van der Waals surface area contributed by atoms with Crippen molar-refractivity contribution in [3.05, 3.63) is 47.2 Å². The number of aromatic amines is 1. The summed E-state index contributed by atoms with van der Waals surface area (Å²) in [6.07, 6.45) is 3.24. The molecule has 0 unspecified atom stereocenters. The molecule has 3 heterocycles. The van der Waals surface area contributed by atoms with Crippen LogP contribution in [0, 0.1) is 6.92 Å². The summed E-state index contributed by atoms with van der Waals surface area (Å²) in [6.45, 7) is 8.53. The van der Waals surface area contributed by atoms with Gasteiger partial charge in [-0.3, -0.25) is 9.89 Å². The second kappa shape index (κ2) is 5.49. The molecule has 0 bridgehead atoms. The maximum atomic E-state index is 12.4. The largest absolute Gasteiger partial charge is 0.346 e. The molecule has 3 rings (SSSR count). The first-order valence-corrected chi connectivity index (χ1v) is 7.48. The number of nitrogens with zero attached hydrogens (tertiary/aromatic N) is 4. The van der Waals surface area contributed by atoms with Crippen molar-refractivity contribution in [1.82, 2.24) is 30.1 Å². The standard InChI is InChI=1S/C16H20N6O/c1-10-12(9-17-14-5-6-19-22(10)14)15(23)18-8-11-7-13(21-20-11)16(2,3)4/h5-7,9H,8H2,1-4H3,(H,18,23)(H,20,21).